The molecule has 3 aromatic rings. The van der Waals surface area contributed by atoms with Gasteiger partial charge in [-0.1, -0.05) is 30.3 Å². The number of nitrogens with one attached hydrogen (secondary N) is 2. The Kier molecular flexibility index (Phi) is 4.89. The predicted molar refractivity (Wildman–Crippen MR) is 105 cm³/mol. The lowest BCUT2D eigenvalue weighted by molar-refractivity contribution is 0.0957. The Morgan fingerprint density at radius 3 is 2.69 bits per heavy atom. The van der Waals surface area contributed by atoms with Gasteiger partial charge in [-0.3, -0.25) is 9.00 Å². The molecule has 5 heteroatoms. The van der Waals surface area contributed by atoms with Gasteiger partial charge in [0.15, 0.2) is 0 Å². The number of aromatic amines is 1. The van der Waals surface area contributed by atoms with Gasteiger partial charge in [0.1, 0.15) is 0 Å². The second kappa shape index (κ2) is 7.46. The van der Waals surface area contributed by atoms with E-state index in [1.807, 2.05) is 42.5 Å². The Morgan fingerprint density at radius 1 is 1.04 bits per heavy atom. The molecule has 1 aliphatic carbocycles. The van der Waals surface area contributed by atoms with E-state index in [-0.39, 0.29) is 5.91 Å². The van der Waals surface area contributed by atoms with Gasteiger partial charge < -0.3 is 10.3 Å². The Labute approximate surface area is 155 Å². The monoisotopic (exact) mass is 366 g/mol. The number of hydrogen-bond acceptors (Lipinski definition) is 2. The summed E-state index contributed by atoms with van der Waals surface area (Å²) in [5.74, 6) is 0.298. The minimum Gasteiger partial charge on any atom is -0.358 e. The number of aromatic nitrogens is 1. The molecule has 2 N–H and O–H groups in total. The van der Waals surface area contributed by atoms with Gasteiger partial charge >= 0.3 is 0 Å². The number of fused-ring (bicyclic) bond motifs is 3. The highest BCUT2D eigenvalue weighted by Crippen LogP contribution is 2.30. The van der Waals surface area contributed by atoms with Gasteiger partial charge in [-0.2, -0.15) is 0 Å². The summed E-state index contributed by atoms with van der Waals surface area (Å²) >= 11 is 0. The van der Waals surface area contributed by atoms with Crippen LogP contribution >= 0.6 is 0 Å². The first-order valence-corrected chi connectivity index (χ1v) is 10.4. The zero-order valence-electron chi connectivity index (χ0n) is 14.6. The van der Waals surface area contributed by atoms with Crippen LogP contribution in [0.25, 0.3) is 10.9 Å². The standard InChI is InChI=1S/C21H22N2O2S/c24-21(22-13-14-26(25)15-7-2-1-3-8-15)18-11-6-10-17-16-9-4-5-12-19(16)23-20(17)18/h1-3,6-8,10-11,23H,4-5,9,12-14H2,(H,22,24). The van der Waals surface area contributed by atoms with E-state index in [1.54, 1.807) is 0 Å². The average Bonchev–Trinajstić information content (AvgIpc) is 3.07. The molecule has 26 heavy (non-hydrogen) atoms. The van der Waals surface area contributed by atoms with E-state index < -0.39 is 10.8 Å². The minimum absolute atomic E-state index is 0.112. The zero-order chi connectivity index (χ0) is 17.9. The molecule has 0 bridgehead atoms. The number of aryl methyl sites for hydroxylation is 2. The first kappa shape index (κ1) is 17.0. The summed E-state index contributed by atoms with van der Waals surface area (Å²) in [6.07, 6.45) is 4.55. The molecule has 1 atom stereocenters. The van der Waals surface area contributed by atoms with Crippen LogP contribution in [0.15, 0.2) is 53.4 Å². The van der Waals surface area contributed by atoms with Crippen LogP contribution in [0.2, 0.25) is 0 Å². The summed E-state index contributed by atoms with van der Waals surface area (Å²) in [6, 6.07) is 15.2. The lowest BCUT2D eigenvalue weighted by Gasteiger charge is -2.10. The summed E-state index contributed by atoms with van der Waals surface area (Å²) in [6.45, 7) is 0.386. The summed E-state index contributed by atoms with van der Waals surface area (Å²) < 4.78 is 12.3. The van der Waals surface area contributed by atoms with Crippen LogP contribution in [0.1, 0.15) is 34.5 Å². The van der Waals surface area contributed by atoms with Gasteiger partial charge in [-0.15, -0.1) is 0 Å². The van der Waals surface area contributed by atoms with E-state index in [1.165, 1.54) is 29.5 Å². The van der Waals surface area contributed by atoms with Crippen molar-refractivity contribution in [2.24, 2.45) is 0 Å². The van der Waals surface area contributed by atoms with Crippen LogP contribution < -0.4 is 5.32 Å². The largest absolute Gasteiger partial charge is 0.358 e. The molecule has 0 saturated heterocycles. The van der Waals surface area contributed by atoms with E-state index in [2.05, 4.69) is 16.4 Å². The zero-order valence-corrected chi connectivity index (χ0v) is 15.4. The highest BCUT2D eigenvalue weighted by atomic mass is 32.2. The molecule has 1 unspecified atom stereocenters. The fourth-order valence-electron chi connectivity index (χ4n) is 3.66. The first-order chi connectivity index (χ1) is 12.7. The van der Waals surface area contributed by atoms with Crippen molar-refractivity contribution in [2.75, 3.05) is 12.3 Å². The molecule has 4 rings (SSSR count). The smallest absolute Gasteiger partial charge is 0.253 e. The van der Waals surface area contributed by atoms with Crippen molar-refractivity contribution in [1.29, 1.82) is 0 Å². The summed E-state index contributed by atoms with van der Waals surface area (Å²) in [4.78, 5) is 16.9. The van der Waals surface area contributed by atoms with E-state index in [4.69, 9.17) is 0 Å². The van der Waals surface area contributed by atoms with Gasteiger partial charge in [0, 0.05) is 28.3 Å². The third-order valence-electron chi connectivity index (χ3n) is 4.96. The molecule has 0 radical (unpaired) electrons. The molecule has 4 nitrogen and oxygen atoms in total. The van der Waals surface area contributed by atoms with Crippen LogP contribution in [0, 0.1) is 0 Å². The maximum Gasteiger partial charge on any atom is 0.253 e. The second-order valence-electron chi connectivity index (χ2n) is 6.64. The van der Waals surface area contributed by atoms with Crippen LogP contribution in [0.4, 0.5) is 0 Å². The van der Waals surface area contributed by atoms with E-state index in [0.29, 0.717) is 17.9 Å². The number of carbonyl (C=O) groups excluding carboxylic acids is 1. The lowest BCUT2D eigenvalue weighted by atomic mass is 9.95. The Morgan fingerprint density at radius 2 is 1.85 bits per heavy atom. The number of rotatable bonds is 5. The van der Waals surface area contributed by atoms with Crippen LogP contribution in [-0.4, -0.2) is 27.4 Å². The van der Waals surface area contributed by atoms with Crippen molar-refractivity contribution in [3.63, 3.8) is 0 Å². The highest BCUT2D eigenvalue weighted by molar-refractivity contribution is 7.85. The molecule has 1 aromatic heterocycles. The molecule has 1 aliphatic rings. The summed E-state index contributed by atoms with van der Waals surface area (Å²) in [5, 5.41) is 4.09. The number of para-hydroxylation sites is 1. The molecule has 1 heterocycles. The maximum atomic E-state index is 12.7. The van der Waals surface area contributed by atoms with Gasteiger partial charge in [0.25, 0.3) is 5.91 Å². The quantitative estimate of drug-likeness (QED) is 0.725. The number of carbonyl (C=O) groups is 1. The van der Waals surface area contributed by atoms with Crippen LogP contribution in [0.3, 0.4) is 0 Å². The lowest BCUT2D eigenvalue weighted by Crippen LogP contribution is -2.27. The van der Waals surface area contributed by atoms with Crippen molar-refractivity contribution < 1.29 is 9.00 Å². The number of H-pyrrole nitrogens is 1. The Balaban J connectivity index is 1.47. The van der Waals surface area contributed by atoms with Gasteiger partial charge in [0.2, 0.25) is 0 Å². The number of benzene rings is 2. The third-order valence-corrected chi connectivity index (χ3v) is 6.33. The van der Waals surface area contributed by atoms with Crippen molar-refractivity contribution in [3.05, 3.63) is 65.4 Å². The summed E-state index contributed by atoms with van der Waals surface area (Å²) in [5.41, 5.74) is 4.24. The molecule has 1 amide bonds. The second-order valence-corrected chi connectivity index (χ2v) is 8.21. The van der Waals surface area contributed by atoms with E-state index >= 15 is 0 Å². The molecule has 2 aromatic carbocycles. The number of amides is 1. The van der Waals surface area contributed by atoms with Crippen LogP contribution in [-0.2, 0) is 23.6 Å². The van der Waals surface area contributed by atoms with Crippen molar-refractivity contribution in [2.45, 2.75) is 30.6 Å². The van der Waals surface area contributed by atoms with Crippen LogP contribution in [0.5, 0.6) is 0 Å². The van der Waals surface area contributed by atoms with Crippen molar-refractivity contribution >= 4 is 27.6 Å². The fraction of sp³-hybridized carbons (Fsp3) is 0.286. The molecule has 134 valence electrons. The fourth-order valence-corrected chi connectivity index (χ4v) is 4.65. The molecule has 0 aliphatic heterocycles. The third kappa shape index (κ3) is 3.31. The Hall–Kier alpha value is -2.40. The minimum atomic E-state index is -1.10. The van der Waals surface area contributed by atoms with Gasteiger partial charge in [-0.25, -0.2) is 0 Å². The molecular weight excluding hydrogens is 344 g/mol. The maximum absolute atomic E-state index is 12.7. The van der Waals surface area contributed by atoms with E-state index in [9.17, 15) is 9.00 Å². The van der Waals surface area contributed by atoms with Crippen molar-refractivity contribution in [1.82, 2.24) is 10.3 Å². The van der Waals surface area contributed by atoms with Crippen molar-refractivity contribution in [3.8, 4) is 0 Å². The van der Waals surface area contributed by atoms with Gasteiger partial charge in [0.05, 0.1) is 21.9 Å². The Bertz CT molecular complexity index is 963. The summed E-state index contributed by atoms with van der Waals surface area (Å²) in [7, 11) is -1.10. The average molecular weight is 366 g/mol. The number of hydrogen-bond donors (Lipinski definition) is 2. The SMILES string of the molecule is O=C(NCCS(=O)c1ccccc1)c1cccc2c3c([nH]c12)CCCC3. The normalized spacial score (nSPS) is 14.8. The van der Waals surface area contributed by atoms with E-state index in [0.717, 1.165) is 23.3 Å². The molecule has 0 saturated carbocycles. The highest BCUT2D eigenvalue weighted by Gasteiger charge is 2.19. The topological polar surface area (TPSA) is 62.0 Å². The molecule has 0 spiro atoms. The molecule has 0 fully saturated rings. The van der Waals surface area contributed by atoms with Gasteiger partial charge in [-0.05, 0) is 49.4 Å². The molecular formula is C21H22N2O2S. The predicted octanol–water partition coefficient (Wildman–Crippen LogP) is 3.58. The first-order valence-electron chi connectivity index (χ1n) is 9.08.